The van der Waals surface area contributed by atoms with Gasteiger partial charge in [0.25, 0.3) is 0 Å². The van der Waals surface area contributed by atoms with Crippen molar-refractivity contribution >= 4 is 11.6 Å². The molecule has 0 spiro atoms. The van der Waals surface area contributed by atoms with Crippen molar-refractivity contribution in [3.05, 3.63) is 24.3 Å². The van der Waals surface area contributed by atoms with E-state index in [-0.39, 0.29) is 19.1 Å². The van der Waals surface area contributed by atoms with Crippen LogP contribution in [0.5, 0.6) is 5.75 Å². The van der Waals surface area contributed by atoms with Crippen LogP contribution in [-0.2, 0) is 4.79 Å². The van der Waals surface area contributed by atoms with Crippen LogP contribution in [0.2, 0.25) is 0 Å². The highest BCUT2D eigenvalue weighted by Crippen LogP contribution is 2.16. The van der Waals surface area contributed by atoms with Crippen LogP contribution in [0.3, 0.4) is 0 Å². The van der Waals surface area contributed by atoms with E-state index in [0.29, 0.717) is 11.4 Å². The Morgan fingerprint density at radius 2 is 2.40 bits per heavy atom. The molecule has 78 valence electrons. The molecule has 0 aliphatic rings. The van der Waals surface area contributed by atoms with Crippen LogP contribution in [0, 0.1) is 11.3 Å². The molecular weight excluding hydrogens is 194 g/mol. The molecule has 5 heteroatoms. The second-order valence-electron chi connectivity index (χ2n) is 2.73. The van der Waals surface area contributed by atoms with Crippen molar-refractivity contribution in [3.8, 4) is 11.8 Å². The summed E-state index contributed by atoms with van der Waals surface area (Å²) in [6.07, 6.45) is 0. The van der Waals surface area contributed by atoms with Gasteiger partial charge in [-0.15, -0.1) is 0 Å². The maximum absolute atomic E-state index is 11.0. The van der Waals surface area contributed by atoms with Crippen molar-refractivity contribution in [2.45, 2.75) is 0 Å². The van der Waals surface area contributed by atoms with Crippen LogP contribution in [0.15, 0.2) is 24.3 Å². The summed E-state index contributed by atoms with van der Waals surface area (Å²) in [7, 11) is 0. The fourth-order valence-corrected chi connectivity index (χ4v) is 0.991. The van der Waals surface area contributed by atoms with Gasteiger partial charge in [0.05, 0.1) is 6.54 Å². The molecule has 0 heterocycles. The van der Waals surface area contributed by atoms with Crippen LogP contribution in [0.25, 0.3) is 0 Å². The minimum Gasteiger partial charge on any atom is -0.479 e. The molecule has 0 saturated carbocycles. The molecule has 0 saturated heterocycles. The minimum atomic E-state index is -0.271. The predicted octanol–water partition coefficient (Wildman–Crippen LogP) is 0.486. The number of nitrogens with two attached hydrogens (primary N) is 1. The largest absolute Gasteiger partial charge is 0.479 e. The highest BCUT2D eigenvalue weighted by molar-refractivity contribution is 5.92. The van der Waals surface area contributed by atoms with E-state index in [4.69, 9.17) is 15.7 Å². The summed E-state index contributed by atoms with van der Waals surface area (Å²) in [6, 6.07) is 8.63. The topological polar surface area (TPSA) is 88.1 Å². The number of nitriles is 1. The number of anilines is 1. The van der Waals surface area contributed by atoms with E-state index < -0.39 is 0 Å². The maximum atomic E-state index is 11.0. The normalized spacial score (nSPS) is 9.07. The molecule has 3 N–H and O–H groups in total. The van der Waals surface area contributed by atoms with Gasteiger partial charge in [-0.2, -0.15) is 5.26 Å². The number of benzene rings is 1. The zero-order valence-corrected chi connectivity index (χ0v) is 8.06. The fraction of sp³-hybridized carbons (Fsp3) is 0.200. The third-order valence-corrected chi connectivity index (χ3v) is 1.61. The molecule has 0 unspecified atom stereocenters. The first kappa shape index (κ1) is 11.0. The first-order valence-corrected chi connectivity index (χ1v) is 4.36. The Morgan fingerprint density at radius 3 is 3.07 bits per heavy atom. The lowest BCUT2D eigenvalue weighted by molar-refractivity contribution is -0.114. The molecule has 1 aromatic rings. The van der Waals surface area contributed by atoms with Gasteiger partial charge < -0.3 is 15.8 Å². The average molecular weight is 205 g/mol. The first-order valence-electron chi connectivity index (χ1n) is 4.36. The first-order chi connectivity index (χ1) is 7.26. The SMILES string of the molecule is N#CCOc1cccc(NC(=O)CN)c1. The molecular formula is C10H11N3O2. The van der Waals surface area contributed by atoms with Gasteiger partial charge in [0.15, 0.2) is 6.61 Å². The Morgan fingerprint density at radius 1 is 1.60 bits per heavy atom. The molecule has 0 aromatic heterocycles. The van der Waals surface area contributed by atoms with E-state index in [2.05, 4.69) is 5.32 Å². The molecule has 1 aromatic carbocycles. The number of ether oxygens (including phenoxy) is 1. The average Bonchev–Trinajstić information content (AvgIpc) is 2.26. The summed E-state index contributed by atoms with van der Waals surface area (Å²) < 4.78 is 5.07. The number of hydrogen-bond acceptors (Lipinski definition) is 4. The lowest BCUT2D eigenvalue weighted by atomic mass is 10.3. The lowest BCUT2D eigenvalue weighted by Gasteiger charge is -2.05. The van der Waals surface area contributed by atoms with Crippen LogP contribution in [0.1, 0.15) is 0 Å². The van der Waals surface area contributed by atoms with Crippen LogP contribution in [-0.4, -0.2) is 19.1 Å². The van der Waals surface area contributed by atoms with E-state index in [1.54, 1.807) is 24.3 Å². The number of rotatable bonds is 4. The van der Waals surface area contributed by atoms with Gasteiger partial charge >= 0.3 is 0 Å². The van der Waals surface area contributed by atoms with Gasteiger partial charge in [-0.05, 0) is 12.1 Å². The summed E-state index contributed by atoms with van der Waals surface area (Å²) in [5.74, 6) is 0.263. The van der Waals surface area contributed by atoms with Gasteiger partial charge in [0, 0.05) is 11.8 Å². The van der Waals surface area contributed by atoms with Crippen LogP contribution < -0.4 is 15.8 Å². The molecule has 0 atom stereocenters. The summed E-state index contributed by atoms with van der Waals surface area (Å²) in [5, 5.41) is 10.9. The summed E-state index contributed by atoms with van der Waals surface area (Å²) in [6.45, 7) is -0.0857. The minimum absolute atomic E-state index is 0.0196. The monoisotopic (exact) mass is 205 g/mol. The standard InChI is InChI=1S/C10H11N3O2/c11-4-5-15-9-3-1-2-8(6-9)13-10(14)7-12/h1-3,6H,5,7,12H2,(H,13,14). The van der Waals surface area contributed by atoms with Gasteiger partial charge in [0.1, 0.15) is 11.8 Å². The fourth-order valence-electron chi connectivity index (χ4n) is 0.991. The van der Waals surface area contributed by atoms with Crippen molar-refractivity contribution in [1.29, 1.82) is 5.26 Å². The van der Waals surface area contributed by atoms with Crippen molar-refractivity contribution in [2.24, 2.45) is 5.73 Å². The number of amides is 1. The van der Waals surface area contributed by atoms with Crippen LogP contribution in [0.4, 0.5) is 5.69 Å². The molecule has 0 bridgehead atoms. The lowest BCUT2D eigenvalue weighted by Crippen LogP contribution is -2.21. The van der Waals surface area contributed by atoms with E-state index >= 15 is 0 Å². The summed E-state index contributed by atoms with van der Waals surface area (Å²) >= 11 is 0. The van der Waals surface area contributed by atoms with Crippen molar-refractivity contribution in [3.63, 3.8) is 0 Å². The zero-order valence-electron chi connectivity index (χ0n) is 8.06. The van der Waals surface area contributed by atoms with Crippen LogP contribution >= 0.6 is 0 Å². The summed E-state index contributed by atoms with van der Waals surface area (Å²) in [4.78, 5) is 11.0. The second kappa shape index (κ2) is 5.62. The van der Waals surface area contributed by atoms with Crippen molar-refractivity contribution in [2.75, 3.05) is 18.5 Å². The Balaban J connectivity index is 2.66. The Hall–Kier alpha value is -2.06. The highest BCUT2D eigenvalue weighted by Gasteiger charge is 2.00. The molecule has 0 aliphatic carbocycles. The molecule has 5 nitrogen and oxygen atoms in total. The molecule has 15 heavy (non-hydrogen) atoms. The molecule has 1 amide bonds. The predicted molar refractivity (Wildman–Crippen MR) is 55.2 cm³/mol. The number of nitrogens with one attached hydrogen (secondary N) is 1. The number of carbonyl (C=O) groups excluding carboxylic acids is 1. The third-order valence-electron chi connectivity index (χ3n) is 1.61. The van der Waals surface area contributed by atoms with E-state index in [1.165, 1.54) is 0 Å². The quantitative estimate of drug-likeness (QED) is 0.748. The Bertz CT molecular complexity index is 384. The third kappa shape index (κ3) is 3.67. The number of hydrogen-bond donors (Lipinski definition) is 2. The van der Waals surface area contributed by atoms with Gasteiger partial charge in [0.2, 0.25) is 5.91 Å². The van der Waals surface area contributed by atoms with Gasteiger partial charge in [-0.3, -0.25) is 4.79 Å². The van der Waals surface area contributed by atoms with Gasteiger partial charge in [-0.1, -0.05) is 6.07 Å². The van der Waals surface area contributed by atoms with Gasteiger partial charge in [-0.25, -0.2) is 0 Å². The highest BCUT2D eigenvalue weighted by atomic mass is 16.5. The number of carbonyl (C=O) groups is 1. The molecule has 0 aliphatic heterocycles. The van der Waals surface area contributed by atoms with E-state index in [0.717, 1.165) is 0 Å². The van der Waals surface area contributed by atoms with E-state index in [9.17, 15) is 4.79 Å². The molecule has 0 radical (unpaired) electrons. The van der Waals surface area contributed by atoms with Crippen molar-refractivity contribution < 1.29 is 9.53 Å². The van der Waals surface area contributed by atoms with Crippen molar-refractivity contribution in [1.82, 2.24) is 0 Å². The van der Waals surface area contributed by atoms with E-state index in [1.807, 2.05) is 6.07 Å². The molecule has 0 fully saturated rings. The Labute approximate surface area is 87.4 Å². The second-order valence-corrected chi connectivity index (χ2v) is 2.73. The summed E-state index contributed by atoms with van der Waals surface area (Å²) in [5.41, 5.74) is 5.75. The zero-order chi connectivity index (χ0) is 11.1. The maximum Gasteiger partial charge on any atom is 0.238 e. The smallest absolute Gasteiger partial charge is 0.238 e. The number of nitrogens with zero attached hydrogens (tertiary/aromatic N) is 1. The molecule has 1 rings (SSSR count). The Kier molecular flexibility index (Phi) is 4.13.